The molecule has 0 saturated carbocycles. The molecule has 128 valence electrons. The third-order valence-electron chi connectivity index (χ3n) is 3.46. The Kier molecular flexibility index (Phi) is 5.35. The Morgan fingerprint density at radius 2 is 2.04 bits per heavy atom. The SMILES string of the molecule is COc1ccc(CCNC(=O)c2n[nH]c(C)c2[N+](=O)[O-])cc1OC. The van der Waals surface area contributed by atoms with Gasteiger partial charge in [-0.3, -0.25) is 20.0 Å². The predicted octanol–water partition coefficient (Wildman–Crippen LogP) is 1.62. The zero-order chi connectivity index (χ0) is 17.7. The molecule has 0 aliphatic carbocycles. The van der Waals surface area contributed by atoms with Crippen molar-refractivity contribution >= 4 is 11.6 Å². The molecule has 0 spiro atoms. The van der Waals surface area contributed by atoms with Crippen molar-refractivity contribution in [1.82, 2.24) is 15.5 Å². The predicted molar refractivity (Wildman–Crippen MR) is 85.6 cm³/mol. The molecular formula is C15H18N4O5. The molecule has 0 fully saturated rings. The zero-order valence-electron chi connectivity index (χ0n) is 13.6. The number of nitrogens with one attached hydrogen (secondary N) is 2. The molecule has 0 bridgehead atoms. The van der Waals surface area contributed by atoms with E-state index in [0.29, 0.717) is 24.5 Å². The molecule has 0 aliphatic heterocycles. The summed E-state index contributed by atoms with van der Waals surface area (Å²) in [6.45, 7) is 1.79. The largest absolute Gasteiger partial charge is 0.493 e. The lowest BCUT2D eigenvalue weighted by atomic mass is 10.1. The lowest BCUT2D eigenvalue weighted by Crippen LogP contribution is -2.26. The second-order valence-electron chi connectivity index (χ2n) is 5.00. The zero-order valence-corrected chi connectivity index (χ0v) is 13.6. The van der Waals surface area contributed by atoms with Crippen molar-refractivity contribution in [2.75, 3.05) is 20.8 Å². The van der Waals surface area contributed by atoms with E-state index >= 15 is 0 Å². The topological polar surface area (TPSA) is 119 Å². The summed E-state index contributed by atoms with van der Waals surface area (Å²) in [5.74, 6) is 0.624. The highest BCUT2D eigenvalue weighted by atomic mass is 16.6. The Morgan fingerprint density at radius 3 is 2.67 bits per heavy atom. The first-order valence-corrected chi connectivity index (χ1v) is 7.16. The normalized spacial score (nSPS) is 10.3. The first-order chi connectivity index (χ1) is 11.5. The Balaban J connectivity index is 2.00. The molecule has 1 heterocycles. The van der Waals surface area contributed by atoms with Gasteiger partial charge >= 0.3 is 5.69 Å². The van der Waals surface area contributed by atoms with Crippen LogP contribution in [0.25, 0.3) is 0 Å². The van der Waals surface area contributed by atoms with Crippen LogP contribution in [-0.2, 0) is 6.42 Å². The molecule has 9 heteroatoms. The van der Waals surface area contributed by atoms with Crippen LogP contribution < -0.4 is 14.8 Å². The van der Waals surface area contributed by atoms with Gasteiger partial charge < -0.3 is 14.8 Å². The van der Waals surface area contributed by atoms with Gasteiger partial charge in [0.05, 0.1) is 19.1 Å². The van der Waals surface area contributed by atoms with Crippen molar-refractivity contribution in [3.8, 4) is 11.5 Å². The second kappa shape index (κ2) is 7.44. The first kappa shape index (κ1) is 17.3. The number of methoxy groups -OCH3 is 2. The highest BCUT2D eigenvalue weighted by Gasteiger charge is 2.26. The molecule has 1 amide bonds. The minimum atomic E-state index is -0.623. The number of nitrogens with zero attached hydrogens (tertiary/aromatic N) is 2. The maximum Gasteiger partial charge on any atom is 0.322 e. The van der Waals surface area contributed by atoms with Crippen LogP contribution in [0, 0.1) is 17.0 Å². The number of aryl methyl sites for hydroxylation is 1. The van der Waals surface area contributed by atoms with E-state index in [9.17, 15) is 14.9 Å². The van der Waals surface area contributed by atoms with Crippen LogP contribution in [0.3, 0.4) is 0 Å². The Hall–Kier alpha value is -3.10. The van der Waals surface area contributed by atoms with E-state index in [1.807, 2.05) is 12.1 Å². The van der Waals surface area contributed by atoms with Gasteiger partial charge in [0.2, 0.25) is 5.69 Å². The van der Waals surface area contributed by atoms with Gasteiger partial charge in [-0.2, -0.15) is 5.10 Å². The molecule has 2 rings (SSSR count). The summed E-state index contributed by atoms with van der Waals surface area (Å²) in [4.78, 5) is 22.4. The summed E-state index contributed by atoms with van der Waals surface area (Å²) in [6.07, 6.45) is 0.531. The summed E-state index contributed by atoms with van der Waals surface area (Å²) < 4.78 is 10.4. The maximum atomic E-state index is 12.1. The van der Waals surface area contributed by atoms with Crippen LogP contribution in [0.1, 0.15) is 21.7 Å². The van der Waals surface area contributed by atoms with E-state index in [0.717, 1.165) is 5.56 Å². The first-order valence-electron chi connectivity index (χ1n) is 7.16. The number of H-pyrrole nitrogens is 1. The molecule has 0 atom stereocenters. The average Bonchev–Trinajstić information content (AvgIpc) is 2.96. The Bertz CT molecular complexity index is 756. The fourth-order valence-corrected chi connectivity index (χ4v) is 2.25. The number of ether oxygens (including phenoxy) is 2. The van der Waals surface area contributed by atoms with Crippen molar-refractivity contribution < 1.29 is 19.2 Å². The van der Waals surface area contributed by atoms with Gasteiger partial charge in [0.15, 0.2) is 11.5 Å². The van der Waals surface area contributed by atoms with Crippen molar-refractivity contribution in [2.24, 2.45) is 0 Å². The van der Waals surface area contributed by atoms with Gasteiger partial charge in [-0.25, -0.2) is 0 Å². The van der Waals surface area contributed by atoms with Gasteiger partial charge in [-0.15, -0.1) is 0 Å². The van der Waals surface area contributed by atoms with Crippen molar-refractivity contribution in [3.05, 3.63) is 45.3 Å². The lowest BCUT2D eigenvalue weighted by Gasteiger charge is -2.09. The van der Waals surface area contributed by atoms with Gasteiger partial charge in [0.25, 0.3) is 5.91 Å². The number of hydrogen-bond acceptors (Lipinski definition) is 6. The van der Waals surface area contributed by atoms with Crippen LogP contribution in [0.2, 0.25) is 0 Å². The van der Waals surface area contributed by atoms with Gasteiger partial charge in [0.1, 0.15) is 5.69 Å². The average molecular weight is 334 g/mol. The van der Waals surface area contributed by atoms with Crippen LogP contribution in [0.15, 0.2) is 18.2 Å². The van der Waals surface area contributed by atoms with Crippen LogP contribution in [0.5, 0.6) is 11.5 Å². The van der Waals surface area contributed by atoms with E-state index in [2.05, 4.69) is 15.5 Å². The van der Waals surface area contributed by atoms with Crippen LogP contribution in [0.4, 0.5) is 5.69 Å². The van der Waals surface area contributed by atoms with Gasteiger partial charge in [0, 0.05) is 6.54 Å². The molecule has 1 aromatic heterocycles. The van der Waals surface area contributed by atoms with Gasteiger partial charge in [-0.05, 0) is 31.0 Å². The van der Waals surface area contributed by atoms with Crippen LogP contribution >= 0.6 is 0 Å². The molecule has 0 radical (unpaired) electrons. The fourth-order valence-electron chi connectivity index (χ4n) is 2.25. The summed E-state index contributed by atoms with van der Waals surface area (Å²) in [5.41, 5.74) is 0.647. The maximum absolute atomic E-state index is 12.1. The van der Waals surface area contributed by atoms with Crippen LogP contribution in [-0.4, -0.2) is 41.8 Å². The highest BCUT2D eigenvalue weighted by Crippen LogP contribution is 2.27. The van der Waals surface area contributed by atoms with E-state index < -0.39 is 10.8 Å². The molecule has 9 nitrogen and oxygen atoms in total. The number of benzene rings is 1. The van der Waals surface area contributed by atoms with Gasteiger partial charge in [-0.1, -0.05) is 6.07 Å². The number of aromatic nitrogens is 2. The number of rotatable bonds is 7. The standard InChI is InChI=1S/C15H18N4O5/c1-9-14(19(21)22)13(18-17-9)15(20)16-7-6-10-4-5-11(23-2)12(8-10)24-3/h4-5,8H,6-7H2,1-3H3,(H,16,20)(H,17,18). The highest BCUT2D eigenvalue weighted by molar-refractivity contribution is 5.96. The second-order valence-corrected chi connectivity index (χ2v) is 5.00. The number of carbonyl (C=O) groups excluding carboxylic acids is 1. The third-order valence-corrected chi connectivity index (χ3v) is 3.46. The van der Waals surface area contributed by atoms with Crippen molar-refractivity contribution in [2.45, 2.75) is 13.3 Å². The van der Waals surface area contributed by atoms with Crippen molar-refractivity contribution in [3.63, 3.8) is 0 Å². The quantitative estimate of drug-likeness (QED) is 0.586. The molecule has 2 N–H and O–H groups in total. The Morgan fingerprint density at radius 1 is 1.33 bits per heavy atom. The lowest BCUT2D eigenvalue weighted by molar-refractivity contribution is -0.385. The molecular weight excluding hydrogens is 316 g/mol. The monoisotopic (exact) mass is 334 g/mol. The minimum absolute atomic E-state index is 0.218. The van der Waals surface area contributed by atoms with E-state index in [-0.39, 0.29) is 17.1 Å². The summed E-state index contributed by atoms with van der Waals surface area (Å²) in [5, 5.41) is 19.7. The molecule has 2 aromatic rings. The minimum Gasteiger partial charge on any atom is -0.493 e. The molecule has 24 heavy (non-hydrogen) atoms. The molecule has 0 saturated heterocycles. The van der Waals surface area contributed by atoms with E-state index in [1.54, 1.807) is 20.3 Å². The van der Waals surface area contributed by atoms with E-state index in [1.165, 1.54) is 6.92 Å². The number of aromatic amines is 1. The Labute approximate surface area is 138 Å². The number of hydrogen-bond donors (Lipinski definition) is 2. The summed E-state index contributed by atoms with van der Waals surface area (Å²) in [6, 6.07) is 5.44. The fraction of sp³-hybridized carbons (Fsp3) is 0.333. The molecule has 1 aromatic carbocycles. The number of amides is 1. The smallest absolute Gasteiger partial charge is 0.322 e. The number of nitro groups is 1. The molecule has 0 aliphatic rings. The van der Waals surface area contributed by atoms with Crippen molar-refractivity contribution in [1.29, 1.82) is 0 Å². The summed E-state index contributed by atoms with van der Waals surface area (Å²) >= 11 is 0. The molecule has 0 unspecified atom stereocenters. The summed E-state index contributed by atoms with van der Waals surface area (Å²) in [7, 11) is 3.10. The van der Waals surface area contributed by atoms with E-state index in [4.69, 9.17) is 9.47 Å². The third kappa shape index (κ3) is 3.62. The number of carbonyl (C=O) groups is 1.